The zero-order valence-electron chi connectivity index (χ0n) is 17.2. The number of phenols is 1. The fourth-order valence-electron chi connectivity index (χ4n) is 2.94. The molecule has 3 aromatic rings. The van der Waals surface area contributed by atoms with E-state index in [0.717, 1.165) is 23.2 Å². The molecule has 1 amide bonds. The monoisotopic (exact) mass is 421 g/mol. The standard InChI is InChI=1S/C24H27N3O4/c28-21-5-7-23(8-6-21)31-17-22(29)16-26-14-9-18-1-3-20(4-2-18)27-24(30)15-19-10-12-25-13-11-19/h1-8,10-13,22,26,28-29H,9,14-17H2,(H,27,30)/t22-/m0/s1. The Bertz CT molecular complexity index is 931. The second-order valence-electron chi connectivity index (χ2n) is 7.19. The number of aliphatic hydroxyl groups is 1. The number of nitrogens with one attached hydrogen (secondary N) is 2. The predicted molar refractivity (Wildman–Crippen MR) is 119 cm³/mol. The van der Waals surface area contributed by atoms with Crippen molar-refractivity contribution in [1.29, 1.82) is 0 Å². The van der Waals surface area contributed by atoms with Gasteiger partial charge in [0, 0.05) is 24.6 Å². The van der Waals surface area contributed by atoms with Crippen LogP contribution in [-0.4, -0.2) is 46.9 Å². The number of hydrogen-bond donors (Lipinski definition) is 4. The number of amides is 1. The van der Waals surface area contributed by atoms with Gasteiger partial charge in [-0.3, -0.25) is 9.78 Å². The summed E-state index contributed by atoms with van der Waals surface area (Å²) in [6, 6.07) is 17.8. The number of anilines is 1. The minimum atomic E-state index is -0.633. The van der Waals surface area contributed by atoms with Crippen LogP contribution in [0.25, 0.3) is 0 Å². The number of benzene rings is 2. The molecule has 2 aromatic carbocycles. The van der Waals surface area contributed by atoms with E-state index < -0.39 is 6.10 Å². The van der Waals surface area contributed by atoms with Crippen molar-refractivity contribution >= 4 is 11.6 Å². The Balaban J connectivity index is 1.31. The Hall–Kier alpha value is -3.42. The van der Waals surface area contributed by atoms with Crippen LogP contribution in [0.2, 0.25) is 0 Å². The third kappa shape index (κ3) is 8.08. The fourth-order valence-corrected chi connectivity index (χ4v) is 2.94. The first-order valence-corrected chi connectivity index (χ1v) is 10.2. The number of phenolic OH excluding ortho intramolecular Hbond substituents is 1. The Morgan fingerprint density at radius 1 is 0.968 bits per heavy atom. The van der Waals surface area contributed by atoms with Gasteiger partial charge in [-0.25, -0.2) is 0 Å². The molecule has 1 heterocycles. The molecule has 1 atom stereocenters. The highest BCUT2D eigenvalue weighted by Gasteiger charge is 2.06. The van der Waals surface area contributed by atoms with Gasteiger partial charge in [0.2, 0.25) is 5.91 Å². The van der Waals surface area contributed by atoms with Crippen molar-refractivity contribution < 1.29 is 19.7 Å². The third-order valence-electron chi connectivity index (χ3n) is 4.60. The topological polar surface area (TPSA) is 104 Å². The van der Waals surface area contributed by atoms with Crippen LogP contribution in [0.5, 0.6) is 11.5 Å². The van der Waals surface area contributed by atoms with Crippen LogP contribution >= 0.6 is 0 Å². The van der Waals surface area contributed by atoms with Gasteiger partial charge in [0.15, 0.2) is 0 Å². The highest BCUT2D eigenvalue weighted by Crippen LogP contribution is 2.16. The maximum Gasteiger partial charge on any atom is 0.228 e. The van der Waals surface area contributed by atoms with Crippen LogP contribution in [0, 0.1) is 0 Å². The van der Waals surface area contributed by atoms with Gasteiger partial charge in [-0.15, -0.1) is 0 Å². The largest absolute Gasteiger partial charge is 0.508 e. The molecule has 0 fully saturated rings. The summed E-state index contributed by atoms with van der Waals surface area (Å²) in [5.74, 6) is 0.712. The summed E-state index contributed by atoms with van der Waals surface area (Å²) in [6.07, 6.45) is 3.83. The van der Waals surface area contributed by atoms with Gasteiger partial charge in [-0.05, 0) is 72.6 Å². The normalized spacial score (nSPS) is 11.6. The first-order chi connectivity index (χ1) is 15.1. The van der Waals surface area contributed by atoms with Crippen molar-refractivity contribution in [3.05, 3.63) is 84.2 Å². The van der Waals surface area contributed by atoms with E-state index in [-0.39, 0.29) is 18.3 Å². The first kappa shape index (κ1) is 22.3. The second-order valence-corrected chi connectivity index (χ2v) is 7.19. The number of carbonyl (C=O) groups excluding carboxylic acids is 1. The van der Waals surface area contributed by atoms with Gasteiger partial charge in [0.05, 0.1) is 6.42 Å². The third-order valence-corrected chi connectivity index (χ3v) is 4.60. The molecular weight excluding hydrogens is 394 g/mol. The molecule has 31 heavy (non-hydrogen) atoms. The quantitative estimate of drug-likeness (QED) is 0.355. The second kappa shape index (κ2) is 11.7. The van der Waals surface area contributed by atoms with E-state index in [4.69, 9.17) is 4.74 Å². The van der Waals surface area contributed by atoms with E-state index in [1.807, 2.05) is 36.4 Å². The maximum atomic E-state index is 12.1. The van der Waals surface area contributed by atoms with Crippen LogP contribution < -0.4 is 15.4 Å². The molecular formula is C24H27N3O4. The lowest BCUT2D eigenvalue weighted by atomic mass is 10.1. The molecule has 1 aromatic heterocycles. The van der Waals surface area contributed by atoms with Gasteiger partial charge in [0.25, 0.3) is 0 Å². The van der Waals surface area contributed by atoms with E-state index in [9.17, 15) is 15.0 Å². The van der Waals surface area contributed by atoms with E-state index in [2.05, 4.69) is 15.6 Å². The zero-order valence-corrected chi connectivity index (χ0v) is 17.2. The molecule has 0 spiro atoms. The van der Waals surface area contributed by atoms with Gasteiger partial charge < -0.3 is 25.6 Å². The Morgan fingerprint density at radius 3 is 2.39 bits per heavy atom. The molecule has 0 aliphatic rings. The first-order valence-electron chi connectivity index (χ1n) is 10.2. The van der Waals surface area contributed by atoms with Crippen LogP contribution in [0.4, 0.5) is 5.69 Å². The van der Waals surface area contributed by atoms with Crippen molar-refractivity contribution in [2.45, 2.75) is 18.9 Å². The summed E-state index contributed by atoms with van der Waals surface area (Å²) in [5, 5.41) is 25.4. The van der Waals surface area contributed by atoms with Crippen LogP contribution in [0.15, 0.2) is 73.1 Å². The summed E-state index contributed by atoms with van der Waals surface area (Å²) >= 11 is 0. The van der Waals surface area contributed by atoms with Crippen molar-refractivity contribution in [2.24, 2.45) is 0 Å². The zero-order chi connectivity index (χ0) is 21.9. The van der Waals surface area contributed by atoms with Crippen LogP contribution in [-0.2, 0) is 17.6 Å². The molecule has 0 radical (unpaired) electrons. The average Bonchev–Trinajstić information content (AvgIpc) is 2.78. The van der Waals surface area contributed by atoms with Gasteiger partial charge >= 0.3 is 0 Å². The van der Waals surface area contributed by atoms with Crippen LogP contribution in [0.3, 0.4) is 0 Å². The SMILES string of the molecule is O=C(Cc1ccncc1)Nc1ccc(CCNC[C@H](O)COc2ccc(O)cc2)cc1. The Labute approximate surface area is 181 Å². The smallest absolute Gasteiger partial charge is 0.228 e. The number of ether oxygens (including phenoxy) is 1. The molecule has 0 aliphatic carbocycles. The molecule has 0 unspecified atom stereocenters. The summed E-state index contributed by atoms with van der Waals surface area (Å²) < 4.78 is 5.48. The summed E-state index contributed by atoms with van der Waals surface area (Å²) in [7, 11) is 0. The number of aromatic nitrogens is 1. The van der Waals surface area contributed by atoms with E-state index >= 15 is 0 Å². The molecule has 7 nitrogen and oxygen atoms in total. The van der Waals surface area contributed by atoms with E-state index in [1.54, 1.807) is 24.5 Å². The molecule has 0 saturated heterocycles. The minimum Gasteiger partial charge on any atom is -0.508 e. The maximum absolute atomic E-state index is 12.1. The summed E-state index contributed by atoms with van der Waals surface area (Å²) in [6.45, 7) is 1.30. The van der Waals surface area contributed by atoms with Crippen molar-refractivity contribution in [3.63, 3.8) is 0 Å². The predicted octanol–water partition coefficient (Wildman–Crippen LogP) is 2.54. The number of carbonyl (C=O) groups is 1. The Kier molecular flexibility index (Phi) is 8.39. The number of rotatable bonds is 11. The average molecular weight is 421 g/mol. The molecule has 162 valence electrons. The van der Waals surface area contributed by atoms with Gasteiger partial charge in [-0.2, -0.15) is 0 Å². The highest BCUT2D eigenvalue weighted by atomic mass is 16.5. The molecule has 7 heteroatoms. The minimum absolute atomic E-state index is 0.0656. The number of hydrogen-bond acceptors (Lipinski definition) is 6. The molecule has 0 aliphatic heterocycles. The van der Waals surface area contributed by atoms with Crippen LogP contribution in [0.1, 0.15) is 11.1 Å². The number of nitrogens with zero attached hydrogens (tertiary/aromatic N) is 1. The van der Waals surface area contributed by atoms with Gasteiger partial charge in [-0.1, -0.05) is 12.1 Å². The van der Waals surface area contributed by atoms with E-state index in [1.165, 1.54) is 12.1 Å². The lowest BCUT2D eigenvalue weighted by Crippen LogP contribution is -2.32. The summed E-state index contributed by atoms with van der Waals surface area (Å²) in [4.78, 5) is 16.1. The number of aromatic hydroxyl groups is 1. The number of aliphatic hydroxyl groups excluding tert-OH is 1. The highest BCUT2D eigenvalue weighted by molar-refractivity contribution is 5.92. The molecule has 3 rings (SSSR count). The van der Waals surface area contributed by atoms with Crippen molar-refractivity contribution in [1.82, 2.24) is 10.3 Å². The van der Waals surface area contributed by atoms with Crippen molar-refractivity contribution in [3.8, 4) is 11.5 Å². The fraction of sp³-hybridized carbons (Fsp3) is 0.250. The molecule has 0 bridgehead atoms. The lowest BCUT2D eigenvalue weighted by molar-refractivity contribution is -0.115. The van der Waals surface area contributed by atoms with Gasteiger partial charge in [0.1, 0.15) is 24.2 Å². The van der Waals surface area contributed by atoms with E-state index in [0.29, 0.717) is 25.3 Å². The number of pyridine rings is 1. The molecule has 0 saturated carbocycles. The molecule has 4 N–H and O–H groups in total. The van der Waals surface area contributed by atoms with Crippen molar-refractivity contribution in [2.75, 3.05) is 25.0 Å². The summed E-state index contributed by atoms with van der Waals surface area (Å²) in [5.41, 5.74) is 2.82. The Morgan fingerprint density at radius 2 is 1.68 bits per heavy atom. The lowest BCUT2D eigenvalue weighted by Gasteiger charge is -2.13.